The van der Waals surface area contributed by atoms with E-state index in [9.17, 15) is 9.59 Å². The van der Waals surface area contributed by atoms with Crippen LogP contribution in [-0.4, -0.2) is 35.1 Å². The van der Waals surface area contributed by atoms with Gasteiger partial charge in [0.2, 0.25) is 5.82 Å². The number of ether oxygens (including phenoxy) is 2. The minimum atomic E-state index is -0.983. The highest BCUT2D eigenvalue weighted by Gasteiger charge is 2.17. The van der Waals surface area contributed by atoms with E-state index in [0.29, 0.717) is 23.6 Å². The number of hydrogen-bond donors (Lipinski definition) is 2. The van der Waals surface area contributed by atoms with Crippen LogP contribution >= 0.6 is 12.4 Å². The van der Waals surface area contributed by atoms with Crippen molar-refractivity contribution >= 4 is 41.1 Å². The van der Waals surface area contributed by atoms with Gasteiger partial charge in [-0.05, 0) is 25.0 Å². The zero-order chi connectivity index (χ0) is 17.5. The Morgan fingerprint density at radius 3 is 2.40 bits per heavy atom. The molecule has 9 heteroatoms. The van der Waals surface area contributed by atoms with Crippen molar-refractivity contribution in [1.82, 2.24) is 15.4 Å². The number of hydrazine groups is 1. The second-order valence-electron chi connectivity index (χ2n) is 5.37. The number of carbonyl (C=O) groups is 2. The number of carbonyl (C=O) groups excluding carboxylic acids is 2. The third kappa shape index (κ3) is 5.75. The van der Waals surface area contributed by atoms with E-state index in [1.54, 1.807) is 13.0 Å². The number of esters is 1. The highest BCUT2D eigenvalue weighted by Crippen LogP contribution is 2.23. The average Bonchev–Trinajstić information content (AvgIpc) is 2.57. The molecule has 2 N–H and O–H groups in total. The molecule has 1 amide bonds. The van der Waals surface area contributed by atoms with Crippen molar-refractivity contribution in [3.05, 3.63) is 24.3 Å². The Kier molecular flexibility index (Phi) is 7.87. The Balaban J connectivity index is 0.00000312. The van der Waals surface area contributed by atoms with Gasteiger partial charge in [0, 0.05) is 0 Å². The molecule has 0 spiro atoms. The monoisotopic (exact) mass is 368 g/mol. The van der Waals surface area contributed by atoms with Crippen LogP contribution in [0.25, 0.3) is 11.0 Å². The first-order valence-electron chi connectivity index (χ1n) is 7.64. The lowest BCUT2D eigenvalue weighted by molar-refractivity contribution is -0.154. The molecule has 0 aliphatic carbocycles. The van der Waals surface area contributed by atoms with Crippen LogP contribution < -0.4 is 15.6 Å². The first kappa shape index (κ1) is 20.4. The van der Waals surface area contributed by atoms with Crippen LogP contribution in [-0.2, 0) is 14.3 Å². The third-order valence-corrected chi connectivity index (χ3v) is 2.85. The Morgan fingerprint density at radius 2 is 1.80 bits per heavy atom. The molecule has 0 saturated heterocycles. The van der Waals surface area contributed by atoms with E-state index in [1.165, 1.54) is 0 Å². The predicted molar refractivity (Wildman–Crippen MR) is 95.5 cm³/mol. The SMILES string of the molecule is CCOC(=O)C(=O)NNc1nc2ccccc2nc1OCC(C)C.Cl. The number of nitrogens with one attached hydrogen (secondary N) is 2. The predicted octanol–water partition coefficient (Wildman–Crippen LogP) is 2.09. The van der Waals surface area contributed by atoms with Crippen molar-refractivity contribution in [3.8, 4) is 5.88 Å². The van der Waals surface area contributed by atoms with Gasteiger partial charge in [-0.2, -0.15) is 0 Å². The fourth-order valence-electron chi connectivity index (χ4n) is 1.78. The lowest BCUT2D eigenvalue weighted by atomic mass is 10.2. The highest BCUT2D eigenvalue weighted by molar-refractivity contribution is 6.32. The van der Waals surface area contributed by atoms with Gasteiger partial charge in [0.1, 0.15) is 0 Å². The molecule has 0 aliphatic heterocycles. The molecule has 0 fully saturated rings. The van der Waals surface area contributed by atoms with Crippen molar-refractivity contribution in [1.29, 1.82) is 0 Å². The Bertz CT molecular complexity index is 739. The lowest BCUT2D eigenvalue weighted by Gasteiger charge is -2.14. The van der Waals surface area contributed by atoms with Crippen LogP contribution in [0.4, 0.5) is 5.82 Å². The van der Waals surface area contributed by atoms with Crippen LogP contribution in [0.2, 0.25) is 0 Å². The van der Waals surface area contributed by atoms with E-state index in [-0.39, 0.29) is 30.7 Å². The molecule has 0 atom stereocenters. The standard InChI is InChI=1S/C16H20N4O4.ClH/c1-4-23-16(22)14(21)20-19-13-15(24-9-10(2)3)18-12-8-6-5-7-11(12)17-13;/h5-8,10H,4,9H2,1-3H3,(H,17,19)(H,20,21);1H. The number of para-hydroxylation sites is 2. The number of nitrogens with zero attached hydrogens (tertiary/aromatic N) is 2. The number of anilines is 1. The lowest BCUT2D eigenvalue weighted by Crippen LogP contribution is -2.37. The van der Waals surface area contributed by atoms with Crippen LogP contribution in [0.1, 0.15) is 20.8 Å². The van der Waals surface area contributed by atoms with Gasteiger partial charge in [-0.15, -0.1) is 12.4 Å². The van der Waals surface area contributed by atoms with Crippen molar-refractivity contribution in [2.75, 3.05) is 18.6 Å². The minimum absolute atomic E-state index is 0. The summed E-state index contributed by atoms with van der Waals surface area (Å²) in [6, 6.07) is 7.27. The van der Waals surface area contributed by atoms with Gasteiger partial charge in [-0.3, -0.25) is 15.6 Å². The molecular formula is C16H21ClN4O4. The molecule has 2 aromatic rings. The number of amides is 1. The van der Waals surface area contributed by atoms with Gasteiger partial charge in [0.05, 0.1) is 24.2 Å². The van der Waals surface area contributed by atoms with Crippen molar-refractivity contribution in [2.45, 2.75) is 20.8 Å². The third-order valence-electron chi connectivity index (χ3n) is 2.85. The van der Waals surface area contributed by atoms with E-state index < -0.39 is 11.9 Å². The fraction of sp³-hybridized carbons (Fsp3) is 0.375. The maximum Gasteiger partial charge on any atom is 0.398 e. The van der Waals surface area contributed by atoms with E-state index in [1.807, 2.05) is 32.0 Å². The Labute approximate surface area is 151 Å². The van der Waals surface area contributed by atoms with Gasteiger partial charge < -0.3 is 9.47 Å². The summed E-state index contributed by atoms with van der Waals surface area (Å²) in [6.07, 6.45) is 0. The summed E-state index contributed by atoms with van der Waals surface area (Å²) >= 11 is 0. The smallest absolute Gasteiger partial charge is 0.398 e. The summed E-state index contributed by atoms with van der Waals surface area (Å²) in [5, 5.41) is 0. The molecule has 0 saturated carbocycles. The summed E-state index contributed by atoms with van der Waals surface area (Å²) in [7, 11) is 0. The minimum Gasteiger partial charge on any atom is -0.475 e. The molecule has 1 aromatic carbocycles. The summed E-state index contributed by atoms with van der Waals surface area (Å²) in [6.45, 7) is 6.18. The van der Waals surface area contributed by atoms with Crippen molar-refractivity contribution < 1.29 is 19.1 Å². The molecule has 0 unspecified atom stereocenters. The molecule has 136 valence electrons. The number of rotatable bonds is 6. The Morgan fingerprint density at radius 1 is 1.16 bits per heavy atom. The fourth-order valence-corrected chi connectivity index (χ4v) is 1.78. The number of hydrogen-bond acceptors (Lipinski definition) is 7. The van der Waals surface area contributed by atoms with E-state index in [4.69, 9.17) is 4.74 Å². The average molecular weight is 369 g/mol. The zero-order valence-corrected chi connectivity index (χ0v) is 15.1. The van der Waals surface area contributed by atoms with Gasteiger partial charge in [-0.1, -0.05) is 26.0 Å². The number of benzene rings is 1. The van der Waals surface area contributed by atoms with Crippen LogP contribution in [0.15, 0.2) is 24.3 Å². The normalized spacial score (nSPS) is 10.1. The summed E-state index contributed by atoms with van der Waals surface area (Å²) in [5.41, 5.74) is 6.09. The van der Waals surface area contributed by atoms with E-state index >= 15 is 0 Å². The van der Waals surface area contributed by atoms with Crippen molar-refractivity contribution in [3.63, 3.8) is 0 Å². The zero-order valence-electron chi connectivity index (χ0n) is 14.2. The highest BCUT2D eigenvalue weighted by atomic mass is 35.5. The van der Waals surface area contributed by atoms with Crippen LogP contribution in [0.5, 0.6) is 5.88 Å². The summed E-state index contributed by atoms with van der Waals surface area (Å²) in [4.78, 5) is 31.7. The van der Waals surface area contributed by atoms with Crippen LogP contribution in [0, 0.1) is 5.92 Å². The molecule has 0 radical (unpaired) electrons. The van der Waals surface area contributed by atoms with Crippen LogP contribution in [0.3, 0.4) is 0 Å². The summed E-state index contributed by atoms with van der Waals surface area (Å²) in [5.74, 6) is -1.16. The first-order valence-corrected chi connectivity index (χ1v) is 7.64. The molecule has 8 nitrogen and oxygen atoms in total. The first-order chi connectivity index (χ1) is 11.5. The maximum absolute atomic E-state index is 11.6. The molecule has 1 heterocycles. The molecule has 1 aromatic heterocycles. The number of fused-ring (bicyclic) bond motifs is 1. The van der Waals surface area contributed by atoms with Gasteiger partial charge in [-0.25, -0.2) is 14.8 Å². The molecule has 0 bridgehead atoms. The topological polar surface area (TPSA) is 102 Å². The van der Waals surface area contributed by atoms with Crippen molar-refractivity contribution in [2.24, 2.45) is 5.92 Å². The quantitative estimate of drug-likeness (QED) is 0.457. The molecular weight excluding hydrogens is 348 g/mol. The van der Waals surface area contributed by atoms with Gasteiger partial charge in [0.25, 0.3) is 5.88 Å². The molecule has 25 heavy (non-hydrogen) atoms. The van der Waals surface area contributed by atoms with E-state index in [0.717, 1.165) is 0 Å². The maximum atomic E-state index is 11.6. The molecule has 0 aliphatic rings. The summed E-state index contributed by atoms with van der Waals surface area (Å²) < 4.78 is 10.3. The second kappa shape index (κ2) is 9.63. The number of halogens is 1. The van der Waals surface area contributed by atoms with E-state index in [2.05, 4.69) is 25.6 Å². The largest absolute Gasteiger partial charge is 0.475 e. The van der Waals surface area contributed by atoms with Gasteiger partial charge >= 0.3 is 11.9 Å². The van der Waals surface area contributed by atoms with Gasteiger partial charge in [0.15, 0.2) is 0 Å². The second-order valence-corrected chi connectivity index (χ2v) is 5.37. The Hall–Kier alpha value is -2.61. The number of aromatic nitrogens is 2. The molecule has 2 rings (SSSR count).